The van der Waals surface area contributed by atoms with E-state index in [0.717, 1.165) is 17.7 Å². The fourth-order valence-electron chi connectivity index (χ4n) is 1.89. The smallest absolute Gasteiger partial charge is 0.317 e. The van der Waals surface area contributed by atoms with Crippen LogP contribution in [-0.2, 0) is 6.54 Å². The monoisotopic (exact) mass is 302 g/mol. The number of rotatable bonds is 6. The average molecular weight is 302 g/mol. The van der Waals surface area contributed by atoms with Crippen molar-refractivity contribution in [2.75, 3.05) is 13.6 Å². The Morgan fingerprint density at radius 1 is 1.41 bits per heavy atom. The maximum absolute atomic E-state index is 12.0. The van der Waals surface area contributed by atoms with Gasteiger partial charge in [-0.15, -0.1) is 0 Å². The lowest BCUT2D eigenvalue weighted by molar-refractivity contribution is 0.199. The molecule has 0 bridgehead atoms. The van der Waals surface area contributed by atoms with Gasteiger partial charge >= 0.3 is 6.03 Å². The van der Waals surface area contributed by atoms with Crippen molar-refractivity contribution in [1.29, 1.82) is 0 Å². The second kappa shape index (κ2) is 7.59. The quantitative estimate of drug-likeness (QED) is 0.890. The van der Waals surface area contributed by atoms with Crippen LogP contribution in [0.15, 0.2) is 35.1 Å². The molecule has 2 amide bonds. The molecule has 0 aliphatic heterocycles. The van der Waals surface area contributed by atoms with E-state index in [0.29, 0.717) is 24.8 Å². The summed E-state index contributed by atoms with van der Waals surface area (Å²) in [6.45, 7) is 5.27. The summed E-state index contributed by atoms with van der Waals surface area (Å²) < 4.78 is 5.29. The van der Waals surface area contributed by atoms with Crippen molar-refractivity contribution in [3.63, 3.8) is 0 Å². The minimum atomic E-state index is -0.109. The zero-order chi connectivity index (χ0) is 15.9. The Labute approximate surface area is 130 Å². The number of hydrogen-bond acceptors (Lipinski definition) is 4. The fourth-order valence-corrected chi connectivity index (χ4v) is 1.89. The number of urea groups is 1. The van der Waals surface area contributed by atoms with E-state index in [1.807, 2.05) is 18.2 Å². The predicted molar refractivity (Wildman–Crippen MR) is 84.1 cm³/mol. The fraction of sp³-hybridized carbons (Fsp3) is 0.438. The molecule has 22 heavy (non-hydrogen) atoms. The number of amides is 2. The van der Waals surface area contributed by atoms with E-state index in [1.54, 1.807) is 24.3 Å². The van der Waals surface area contributed by atoms with E-state index in [2.05, 4.69) is 29.3 Å². The molecule has 0 unspecified atom stereocenters. The van der Waals surface area contributed by atoms with E-state index in [1.165, 1.54) is 0 Å². The van der Waals surface area contributed by atoms with Gasteiger partial charge in [0.15, 0.2) is 5.76 Å². The average Bonchev–Trinajstić information content (AvgIpc) is 3.01. The van der Waals surface area contributed by atoms with Crippen LogP contribution >= 0.6 is 0 Å². The summed E-state index contributed by atoms with van der Waals surface area (Å²) in [5, 5.41) is 6.93. The first kappa shape index (κ1) is 16.0. The van der Waals surface area contributed by atoms with Crippen LogP contribution in [0.25, 0.3) is 11.3 Å². The third-order valence-corrected chi connectivity index (χ3v) is 3.57. The van der Waals surface area contributed by atoms with Gasteiger partial charge in [-0.1, -0.05) is 25.4 Å². The predicted octanol–water partition coefficient (Wildman–Crippen LogP) is 2.92. The molecule has 0 aliphatic carbocycles. The van der Waals surface area contributed by atoms with Gasteiger partial charge in [0, 0.05) is 37.6 Å². The summed E-state index contributed by atoms with van der Waals surface area (Å²) in [5.74, 6) is 1.12. The Balaban J connectivity index is 1.91. The minimum absolute atomic E-state index is 0.109. The van der Waals surface area contributed by atoms with Gasteiger partial charge in [0.2, 0.25) is 0 Å². The van der Waals surface area contributed by atoms with E-state index in [4.69, 9.17) is 4.52 Å². The first-order valence-corrected chi connectivity index (χ1v) is 7.45. The highest BCUT2D eigenvalue weighted by molar-refractivity contribution is 5.73. The molecule has 0 fully saturated rings. The molecule has 0 aliphatic rings. The molecule has 2 aromatic rings. The van der Waals surface area contributed by atoms with Crippen LogP contribution < -0.4 is 5.32 Å². The Morgan fingerprint density at radius 2 is 2.14 bits per heavy atom. The third kappa shape index (κ3) is 4.31. The molecule has 2 heterocycles. The molecule has 6 heteroatoms. The number of nitrogens with zero attached hydrogens (tertiary/aromatic N) is 3. The summed E-state index contributed by atoms with van der Waals surface area (Å²) in [7, 11) is 1.74. The van der Waals surface area contributed by atoms with Crippen molar-refractivity contribution >= 4 is 6.03 Å². The first-order chi connectivity index (χ1) is 10.6. The molecule has 2 aromatic heterocycles. The van der Waals surface area contributed by atoms with Crippen LogP contribution in [0.1, 0.15) is 26.0 Å². The van der Waals surface area contributed by atoms with E-state index in [9.17, 15) is 4.79 Å². The van der Waals surface area contributed by atoms with Crippen LogP contribution in [0.4, 0.5) is 4.79 Å². The molecule has 0 saturated heterocycles. The van der Waals surface area contributed by atoms with Gasteiger partial charge in [-0.3, -0.25) is 4.98 Å². The highest BCUT2D eigenvalue weighted by Gasteiger charge is 2.13. The number of carbonyl (C=O) groups excluding carboxylic acids is 1. The van der Waals surface area contributed by atoms with Crippen LogP contribution in [0.3, 0.4) is 0 Å². The Hall–Kier alpha value is -2.37. The molecule has 0 spiro atoms. The third-order valence-electron chi connectivity index (χ3n) is 3.57. The number of nitrogens with one attached hydrogen (secondary N) is 1. The highest BCUT2D eigenvalue weighted by atomic mass is 16.5. The van der Waals surface area contributed by atoms with Crippen LogP contribution in [-0.4, -0.2) is 34.7 Å². The minimum Gasteiger partial charge on any atom is -0.359 e. The standard InChI is InChI=1S/C16H22N4O2/c1-4-12(2)10-18-16(21)20(3)11-14-9-15(19-22-14)13-5-7-17-8-6-13/h5-9,12H,4,10-11H2,1-3H3,(H,18,21)/t12-/m0/s1. The maximum Gasteiger partial charge on any atom is 0.317 e. The van der Waals surface area contributed by atoms with E-state index < -0.39 is 0 Å². The number of carbonyl (C=O) groups is 1. The van der Waals surface area contributed by atoms with Gasteiger partial charge < -0.3 is 14.7 Å². The van der Waals surface area contributed by atoms with Gasteiger partial charge in [0.1, 0.15) is 5.69 Å². The van der Waals surface area contributed by atoms with Crippen LogP contribution in [0, 0.1) is 5.92 Å². The first-order valence-electron chi connectivity index (χ1n) is 7.45. The molecule has 1 atom stereocenters. The van der Waals surface area contributed by atoms with Gasteiger partial charge in [0.25, 0.3) is 0 Å². The molecular weight excluding hydrogens is 280 g/mol. The Bertz CT molecular complexity index is 597. The molecule has 0 saturated carbocycles. The number of hydrogen-bond donors (Lipinski definition) is 1. The molecule has 0 aromatic carbocycles. The van der Waals surface area contributed by atoms with Crippen molar-refractivity contribution in [2.24, 2.45) is 5.92 Å². The largest absolute Gasteiger partial charge is 0.359 e. The Kier molecular flexibility index (Phi) is 5.52. The van der Waals surface area contributed by atoms with Crippen LogP contribution in [0.5, 0.6) is 0 Å². The van der Waals surface area contributed by atoms with Crippen molar-refractivity contribution < 1.29 is 9.32 Å². The maximum atomic E-state index is 12.0. The number of pyridine rings is 1. The SMILES string of the molecule is CC[C@H](C)CNC(=O)N(C)Cc1cc(-c2ccncc2)no1. The summed E-state index contributed by atoms with van der Waals surface area (Å²) in [6, 6.07) is 5.46. The van der Waals surface area contributed by atoms with E-state index >= 15 is 0 Å². The topological polar surface area (TPSA) is 71.3 Å². The normalized spacial score (nSPS) is 12.0. The lowest BCUT2D eigenvalue weighted by atomic mass is 10.1. The Morgan fingerprint density at radius 3 is 2.82 bits per heavy atom. The van der Waals surface area contributed by atoms with Crippen LogP contribution in [0.2, 0.25) is 0 Å². The summed E-state index contributed by atoms with van der Waals surface area (Å²) >= 11 is 0. The van der Waals surface area contributed by atoms with Gasteiger partial charge in [-0.05, 0) is 18.1 Å². The second-order valence-corrected chi connectivity index (χ2v) is 5.47. The lowest BCUT2D eigenvalue weighted by Crippen LogP contribution is -2.38. The van der Waals surface area contributed by atoms with Gasteiger partial charge in [-0.25, -0.2) is 4.79 Å². The van der Waals surface area contributed by atoms with E-state index in [-0.39, 0.29) is 6.03 Å². The second-order valence-electron chi connectivity index (χ2n) is 5.47. The number of aromatic nitrogens is 2. The lowest BCUT2D eigenvalue weighted by Gasteiger charge is -2.18. The summed E-state index contributed by atoms with van der Waals surface area (Å²) in [4.78, 5) is 17.5. The molecular formula is C16H22N4O2. The van der Waals surface area contributed by atoms with Crippen molar-refractivity contribution in [1.82, 2.24) is 20.4 Å². The van der Waals surface area contributed by atoms with Crippen molar-refractivity contribution in [3.05, 3.63) is 36.4 Å². The summed E-state index contributed by atoms with van der Waals surface area (Å²) in [6.07, 6.45) is 4.46. The molecule has 118 valence electrons. The van der Waals surface area contributed by atoms with Crippen molar-refractivity contribution in [2.45, 2.75) is 26.8 Å². The molecule has 2 rings (SSSR count). The summed E-state index contributed by atoms with van der Waals surface area (Å²) in [5.41, 5.74) is 1.68. The molecule has 0 radical (unpaired) electrons. The zero-order valence-corrected chi connectivity index (χ0v) is 13.2. The zero-order valence-electron chi connectivity index (χ0n) is 13.2. The molecule has 6 nitrogen and oxygen atoms in total. The van der Waals surface area contributed by atoms with Gasteiger partial charge in [0.05, 0.1) is 6.54 Å². The molecule has 1 N–H and O–H groups in total. The van der Waals surface area contributed by atoms with Crippen molar-refractivity contribution in [3.8, 4) is 11.3 Å². The highest BCUT2D eigenvalue weighted by Crippen LogP contribution is 2.18. The van der Waals surface area contributed by atoms with Gasteiger partial charge in [-0.2, -0.15) is 0 Å².